The molecule has 0 saturated heterocycles. The van der Waals surface area contributed by atoms with Crippen LogP contribution < -0.4 is 0 Å². The summed E-state index contributed by atoms with van der Waals surface area (Å²) in [7, 11) is 0. The molecule has 0 radical (unpaired) electrons. The number of ether oxygens (including phenoxy) is 1. The third-order valence-corrected chi connectivity index (χ3v) is 4.88. The van der Waals surface area contributed by atoms with E-state index in [2.05, 4.69) is 6.92 Å². The minimum Gasteiger partial charge on any atom is -0.481 e. The third-order valence-electron chi connectivity index (χ3n) is 4.88. The second kappa shape index (κ2) is 18.7. The van der Waals surface area contributed by atoms with E-state index >= 15 is 0 Å². The smallest absolute Gasteiger partial charge is 0.303 e. The van der Waals surface area contributed by atoms with Crippen LogP contribution in [0.1, 0.15) is 96.8 Å². The maximum atomic E-state index is 10.5. The zero-order chi connectivity index (χ0) is 20.3. The number of carboxylic acids is 1. The quantitative estimate of drug-likeness (QED) is 0.236. The summed E-state index contributed by atoms with van der Waals surface area (Å²) in [6, 6.07) is 0. The molecule has 0 spiro atoms. The Bertz CT molecular complexity index is 337. The van der Waals surface area contributed by atoms with E-state index in [0.717, 1.165) is 44.9 Å². The number of unbranched alkanes of at least 4 members (excludes halogenated alkanes) is 9. The lowest BCUT2D eigenvalue weighted by molar-refractivity contribution is -0.137. The van der Waals surface area contributed by atoms with Gasteiger partial charge in [0.25, 0.3) is 0 Å². The highest BCUT2D eigenvalue weighted by molar-refractivity contribution is 5.66. The normalized spacial score (nSPS) is 14.8. The summed E-state index contributed by atoms with van der Waals surface area (Å²) in [4.78, 5) is 10.5. The van der Waals surface area contributed by atoms with Crippen molar-refractivity contribution in [3.63, 3.8) is 0 Å². The minimum absolute atomic E-state index is 0.0449. The second-order valence-electron chi connectivity index (χ2n) is 7.53. The molecule has 0 aromatic rings. The van der Waals surface area contributed by atoms with Crippen LogP contribution >= 0.6 is 0 Å². The van der Waals surface area contributed by atoms with Crippen molar-refractivity contribution in [1.29, 1.82) is 0 Å². The fraction of sp³-hybridized carbons (Fsp3) is 0.952. The van der Waals surface area contributed by atoms with Crippen molar-refractivity contribution in [3.05, 3.63) is 0 Å². The summed E-state index contributed by atoms with van der Waals surface area (Å²) < 4.78 is 5.68. The number of aliphatic hydroxyl groups excluding tert-OH is 3. The third kappa shape index (κ3) is 17.2. The van der Waals surface area contributed by atoms with E-state index in [1.54, 1.807) is 0 Å². The van der Waals surface area contributed by atoms with Gasteiger partial charge >= 0.3 is 5.97 Å². The van der Waals surface area contributed by atoms with Gasteiger partial charge in [-0.3, -0.25) is 4.79 Å². The highest BCUT2D eigenvalue weighted by Crippen LogP contribution is 2.18. The van der Waals surface area contributed by atoms with Gasteiger partial charge in [-0.15, -0.1) is 0 Å². The van der Waals surface area contributed by atoms with Crippen molar-refractivity contribution < 1.29 is 30.0 Å². The minimum atomic E-state index is -0.904. The largest absolute Gasteiger partial charge is 0.481 e. The Hall–Kier alpha value is -0.690. The summed E-state index contributed by atoms with van der Waals surface area (Å²) in [5.74, 6) is -0.745. The number of aliphatic hydroxyl groups is 3. The fourth-order valence-corrected chi connectivity index (χ4v) is 3.15. The van der Waals surface area contributed by atoms with Gasteiger partial charge in [0.1, 0.15) is 6.10 Å². The summed E-state index contributed by atoms with van der Waals surface area (Å²) in [6.07, 6.45) is 11.4. The molecule has 0 aliphatic carbocycles. The van der Waals surface area contributed by atoms with Crippen molar-refractivity contribution in [2.24, 2.45) is 0 Å². The topological polar surface area (TPSA) is 107 Å². The van der Waals surface area contributed by atoms with E-state index in [1.165, 1.54) is 25.7 Å². The van der Waals surface area contributed by atoms with Crippen LogP contribution in [0.3, 0.4) is 0 Å². The number of rotatable bonds is 20. The maximum absolute atomic E-state index is 10.5. The number of carboxylic acid groups (broad SMARTS) is 1. The van der Waals surface area contributed by atoms with Gasteiger partial charge in [-0.1, -0.05) is 71.1 Å². The molecular formula is C21H42O6. The molecule has 162 valence electrons. The van der Waals surface area contributed by atoms with Crippen LogP contribution in [0, 0.1) is 0 Å². The van der Waals surface area contributed by atoms with Crippen LogP contribution in [0.15, 0.2) is 0 Å². The predicted molar refractivity (Wildman–Crippen MR) is 107 cm³/mol. The van der Waals surface area contributed by atoms with Crippen LogP contribution in [-0.4, -0.2) is 57.9 Å². The molecule has 0 heterocycles. The molecule has 0 rings (SSSR count). The zero-order valence-electron chi connectivity index (χ0n) is 17.2. The number of carbonyl (C=O) groups is 1. The molecule has 0 bridgehead atoms. The van der Waals surface area contributed by atoms with Gasteiger partial charge in [-0.2, -0.15) is 0 Å². The first-order valence-electron chi connectivity index (χ1n) is 10.8. The van der Waals surface area contributed by atoms with Gasteiger partial charge in [-0.05, 0) is 19.3 Å². The summed E-state index contributed by atoms with van der Waals surface area (Å²) >= 11 is 0. The molecule has 0 amide bonds. The molecule has 0 fully saturated rings. The lowest BCUT2D eigenvalue weighted by atomic mass is 9.99. The summed E-state index contributed by atoms with van der Waals surface area (Å²) in [5, 5.41) is 37.5. The van der Waals surface area contributed by atoms with Crippen molar-refractivity contribution in [2.75, 3.05) is 13.2 Å². The molecule has 0 saturated carbocycles. The first-order valence-corrected chi connectivity index (χ1v) is 10.8. The molecule has 0 aliphatic rings. The van der Waals surface area contributed by atoms with Gasteiger partial charge in [0, 0.05) is 6.42 Å². The van der Waals surface area contributed by atoms with E-state index < -0.39 is 18.2 Å². The van der Waals surface area contributed by atoms with Gasteiger partial charge in [0.15, 0.2) is 0 Å². The number of hydrogen-bond acceptors (Lipinski definition) is 5. The van der Waals surface area contributed by atoms with E-state index in [9.17, 15) is 15.0 Å². The molecule has 3 atom stereocenters. The molecule has 6 heteroatoms. The Balaban J connectivity index is 4.03. The van der Waals surface area contributed by atoms with E-state index in [4.69, 9.17) is 14.9 Å². The Kier molecular flexibility index (Phi) is 18.2. The molecule has 0 aliphatic heterocycles. The van der Waals surface area contributed by atoms with E-state index in [-0.39, 0.29) is 25.7 Å². The average molecular weight is 391 g/mol. The number of hydrogen-bond donors (Lipinski definition) is 4. The van der Waals surface area contributed by atoms with Gasteiger partial charge in [-0.25, -0.2) is 0 Å². The van der Waals surface area contributed by atoms with Crippen molar-refractivity contribution in [3.8, 4) is 0 Å². The molecule has 0 aromatic heterocycles. The molecule has 0 aromatic carbocycles. The van der Waals surface area contributed by atoms with Crippen molar-refractivity contribution in [1.82, 2.24) is 0 Å². The molecule has 4 N–H and O–H groups in total. The first-order chi connectivity index (χ1) is 13.0. The van der Waals surface area contributed by atoms with E-state index in [0.29, 0.717) is 12.8 Å². The Morgan fingerprint density at radius 2 is 1.41 bits per heavy atom. The standard InChI is InChI=1S/C21H42O6/c1-2-3-4-5-8-11-14-20(27-17-18(23)16-22)19(24)13-10-7-6-9-12-15-21(25)26/h18-20,22-24H,2-17H2,1H3,(H,25,26). The predicted octanol–water partition coefficient (Wildman–Crippen LogP) is 3.65. The highest BCUT2D eigenvalue weighted by atomic mass is 16.5. The van der Waals surface area contributed by atoms with Crippen LogP contribution in [0.4, 0.5) is 0 Å². The van der Waals surface area contributed by atoms with Gasteiger partial charge < -0.3 is 25.2 Å². The lowest BCUT2D eigenvalue weighted by Gasteiger charge is -2.24. The SMILES string of the molecule is CCCCCCCCC(OCC(O)CO)C(O)CCCCCCCC(=O)O. The van der Waals surface area contributed by atoms with Crippen LogP contribution in [0.5, 0.6) is 0 Å². The van der Waals surface area contributed by atoms with Crippen LogP contribution in [0.25, 0.3) is 0 Å². The zero-order valence-corrected chi connectivity index (χ0v) is 17.2. The molecule has 3 unspecified atom stereocenters. The van der Waals surface area contributed by atoms with Gasteiger partial charge in [0.05, 0.1) is 25.4 Å². The number of aliphatic carboxylic acids is 1. The Morgan fingerprint density at radius 1 is 0.852 bits per heavy atom. The molecule has 6 nitrogen and oxygen atoms in total. The average Bonchev–Trinajstić information content (AvgIpc) is 2.65. The van der Waals surface area contributed by atoms with E-state index in [1.807, 2.05) is 0 Å². The van der Waals surface area contributed by atoms with Crippen molar-refractivity contribution >= 4 is 5.97 Å². The maximum Gasteiger partial charge on any atom is 0.303 e. The highest BCUT2D eigenvalue weighted by Gasteiger charge is 2.20. The lowest BCUT2D eigenvalue weighted by Crippen LogP contribution is -2.33. The van der Waals surface area contributed by atoms with Gasteiger partial charge in [0.2, 0.25) is 0 Å². The molecule has 27 heavy (non-hydrogen) atoms. The second-order valence-corrected chi connectivity index (χ2v) is 7.53. The summed E-state index contributed by atoms with van der Waals surface area (Å²) in [6.45, 7) is 1.90. The first kappa shape index (κ1) is 26.3. The van der Waals surface area contributed by atoms with Crippen LogP contribution in [-0.2, 0) is 9.53 Å². The summed E-state index contributed by atoms with van der Waals surface area (Å²) in [5.41, 5.74) is 0. The van der Waals surface area contributed by atoms with Crippen LogP contribution in [0.2, 0.25) is 0 Å². The fourth-order valence-electron chi connectivity index (χ4n) is 3.15. The molecular weight excluding hydrogens is 348 g/mol. The Morgan fingerprint density at radius 3 is 2.00 bits per heavy atom. The monoisotopic (exact) mass is 390 g/mol. The Labute approximate surface area is 164 Å². The van der Waals surface area contributed by atoms with Crippen molar-refractivity contribution in [2.45, 2.75) is 115 Å².